The van der Waals surface area contributed by atoms with Gasteiger partial charge in [0.25, 0.3) is 10.0 Å². The number of halogens is 1. The zero-order valence-electron chi connectivity index (χ0n) is 19.8. The van der Waals surface area contributed by atoms with Crippen LogP contribution in [0.5, 0.6) is 6.01 Å². The molecule has 11 heteroatoms. The lowest BCUT2D eigenvalue weighted by Gasteiger charge is -2.13. The summed E-state index contributed by atoms with van der Waals surface area (Å²) in [5.74, 6) is -0.343. The molecule has 0 saturated heterocycles. The van der Waals surface area contributed by atoms with Crippen molar-refractivity contribution in [1.29, 1.82) is 0 Å². The van der Waals surface area contributed by atoms with Gasteiger partial charge in [-0.05, 0) is 37.6 Å². The number of ether oxygens (including phenoxy) is 1. The molecule has 1 heterocycles. The third-order valence-corrected chi connectivity index (χ3v) is 6.18. The van der Waals surface area contributed by atoms with E-state index in [1.54, 1.807) is 50.5 Å². The number of benzene rings is 2. The van der Waals surface area contributed by atoms with Crippen molar-refractivity contribution < 1.29 is 17.9 Å². The molecule has 0 fully saturated rings. The minimum atomic E-state index is -4.12. The Labute approximate surface area is 209 Å². The second kappa shape index (κ2) is 11.3. The first-order valence-electron chi connectivity index (χ1n) is 10.7. The maximum Gasteiger partial charge on any atom is 0.316 e. The van der Waals surface area contributed by atoms with Crippen LogP contribution in [-0.2, 0) is 21.2 Å². The Balaban J connectivity index is 1.97. The number of sulfonamides is 1. The van der Waals surface area contributed by atoms with Crippen molar-refractivity contribution in [1.82, 2.24) is 14.9 Å². The highest BCUT2D eigenvalue weighted by Gasteiger charge is 2.21. The summed E-state index contributed by atoms with van der Waals surface area (Å²) in [5, 5.41) is 3.20. The van der Waals surface area contributed by atoms with Crippen LogP contribution in [0, 0.1) is 0 Å². The summed E-state index contributed by atoms with van der Waals surface area (Å²) in [6.07, 6.45) is 4.07. The van der Waals surface area contributed by atoms with E-state index in [9.17, 15) is 13.2 Å². The Hall–Kier alpha value is -3.50. The van der Waals surface area contributed by atoms with Gasteiger partial charge in [-0.1, -0.05) is 35.9 Å². The predicted octanol–water partition coefficient (Wildman–Crippen LogP) is 4.04. The molecule has 184 valence electrons. The summed E-state index contributed by atoms with van der Waals surface area (Å²) in [6.45, 7) is 3.70. The molecule has 0 aliphatic rings. The molecule has 0 spiro atoms. The third kappa shape index (κ3) is 7.24. The van der Waals surface area contributed by atoms with Crippen molar-refractivity contribution in [2.75, 3.05) is 19.4 Å². The molecular formula is C24H26ClN5O4S. The number of hydrogen-bond acceptors (Lipinski definition) is 6. The van der Waals surface area contributed by atoms with Gasteiger partial charge in [-0.25, -0.2) is 9.97 Å². The summed E-state index contributed by atoms with van der Waals surface area (Å²) in [5.41, 5.74) is 1.74. The smallest absolute Gasteiger partial charge is 0.316 e. The fourth-order valence-corrected chi connectivity index (χ4v) is 4.38. The molecule has 3 rings (SSSR count). The molecule has 1 aromatic heterocycles. The lowest BCUT2D eigenvalue weighted by molar-refractivity contribution is -0.115. The Bertz CT molecular complexity index is 1330. The Morgan fingerprint density at radius 2 is 1.86 bits per heavy atom. The Kier molecular flexibility index (Phi) is 8.42. The van der Waals surface area contributed by atoms with Gasteiger partial charge in [-0.2, -0.15) is 8.42 Å². The first-order chi connectivity index (χ1) is 16.5. The first kappa shape index (κ1) is 26.1. The third-order valence-electron chi connectivity index (χ3n) is 4.55. The Morgan fingerprint density at radius 3 is 2.49 bits per heavy atom. The van der Waals surface area contributed by atoms with Gasteiger partial charge in [-0.15, -0.1) is 4.40 Å². The molecule has 0 unspecified atom stereocenters. The summed E-state index contributed by atoms with van der Waals surface area (Å²) in [7, 11) is -0.800. The number of anilines is 1. The number of rotatable bonds is 9. The highest BCUT2D eigenvalue weighted by molar-refractivity contribution is 7.90. The summed E-state index contributed by atoms with van der Waals surface area (Å²) in [4.78, 5) is 22.3. The van der Waals surface area contributed by atoms with E-state index >= 15 is 0 Å². The number of carbonyl (C=O) groups is 1. The van der Waals surface area contributed by atoms with E-state index < -0.39 is 10.0 Å². The van der Waals surface area contributed by atoms with Gasteiger partial charge in [0.15, 0.2) is 0 Å². The van der Waals surface area contributed by atoms with Crippen LogP contribution in [0.1, 0.15) is 19.4 Å². The largest absolute Gasteiger partial charge is 0.461 e. The van der Waals surface area contributed by atoms with Crippen molar-refractivity contribution in [3.63, 3.8) is 0 Å². The van der Waals surface area contributed by atoms with Crippen molar-refractivity contribution in [2.45, 2.75) is 31.3 Å². The minimum Gasteiger partial charge on any atom is -0.461 e. The van der Waals surface area contributed by atoms with Crippen LogP contribution in [0.15, 0.2) is 64.2 Å². The van der Waals surface area contributed by atoms with E-state index in [2.05, 4.69) is 19.7 Å². The molecule has 9 nitrogen and oxygen atoms in total. The van der Waals surface area contributed by atoms with E-state index in [1.807, 2.05) is 13.8 Å². The average Bonchev–Trinajstić information content (AvgIpc) is 2.79. The zero-order chi connectivity index (χ0) is 25.6. The van der Waals surface area contributed by atoms with Crippen LogP contribution in [0.2, 0.25) is 5.02 Å². The van der Waals surface area contributed by atoms with Gasteiger partial charge in [0.2, 0.25) is 5.91 Å². The van der Waals surface area contributed by atoms with E-state index in [1.165, 1.54) is 29.7 Å². The number of hydrogen-bond donors (Lipinski definition) is 1. The van der Waals surface area contributed by atoms with E-state index in [-0.39, 0.29) is 29.3 Å². The topological polar surface area (TPSA) is 114 Å². The normalized spacial score (nSPS) is 11.6. The van der Waals surface area contributed by atoms with E-state index in [0.717, 1.165) is 0 Å². The average molecular weight is 516 g/mol. The number of aromatic nitrogens is 2. The van der Waals surface area contributed by atoms with Crippen LogP contribution >= 0.6 is 11.6 Å². The molecular weight excluding hydrogens is 490 g/mol. The van der Waals surface area contributed by atoms with Gasteiger partial charge in [0.05, 0.1) is 17.4 Å². The number of nitrogens with zero attached hydrogens (tertiary/aromatic N) is 4. The standard InChI is InChI=1S/C24H26ClN5O4S/c1-16(2)34-24-26-13-18(14-27-24)20-10-9-19(12-22(20)35(32,33)28-15-30(3)4)29-23(31)11-17-7-5-6-8-21(17)25/h5-10,12-16H,11H2,1-4H3,(H,29,31). The quantitative estimate of drug-likeness (QED) is 0.338. The van der Waals surface area contributed by atoms with Gasteiger partial charge >= 0.3 is 6.01 Å². The van der Waals surface area contributed by atoms with Crippen molar-refractivity contribution >= 4 is 39.6 Å². The van der Waals surface area contributed by atoms with Crippen LogP contribution in [0.25, 0.3) is 11.1 Å². The maximum atomic E-state index is 13.1. The molecule has 2 aromatic carbocycles. The fraction of sp³-hybridized carbons (Fsp3) is 0.250. The van der Waals surface area contributed by atoms with Gasteiger partial charge in [-0.3, -0.25) is 4.79 Å². The van der Waals surface area contributed by atoms with E-state index in [0.29, 0.717) is 27.4 Å². The van der Waals surface area contributed by atoms with Gasteiger partial charge in [0.1, 0.15) is 6.34 Å². The van der Waals surface area contributed by atoms with E-state index in [4.69, 9.17) is 16.3 Å². The van der Waals surface area contributed by atoms with Crippen LogP contribution in [0.4, 0.5) is 5.69 Å². The number of nitrogens with one attached hydrogen (secondary N) is 1. The first-order valence-corrected chi connectivity index (χ1v) is 12.5. The molecule has 0 aliphatic heterocycles. The van der Waals surface area contributed by atoms with Gasteiger partial charge in [0, 0.05) is 48.3 Å². The SMILES string of the molecule is CC(C)Oc1ncc(-c2ccc(NC(=O)Cc3ccccc3Cl)cc2S(=O)(=O)N=CN(C)C)cn1. The molecule has 3 aromatic rings. The molecule has 0 radical (unpaired) electrons. The predicted molar refractivity (Wildman–Crippen MR) is 136 cm³/mol. The Morgan fingerprint density at radius 1 is 1.17 bits per heavy atom. The minimum absolute atomic E-state index is 0.0352. The summed E-state index contributed by atoms with van der Waals surface area (Å²) >= 11 is 6.14. The maximum absolute atomic E-state index is 13.1. The fourth-order valence-electron chi connectivity index (χ4n) is 3.01. The summed E-state index contributed by atoms with van der Waals surface area (Å²) in [6, 6.07) is 11.7. The summed E-state index contributed by atoms with van der Waals surface area (Å²) < 4.78 is 35.4. The second-order valence-electron chi connectivity index (χ2n) is 8.11. The van der Waals surface area contributed by atoms with Crippen molar-refractivity contribution in [3.8, 4) is 17.1 Å². The monoisotopic (exact) mass is 515 g/mol. The molecule has 0 atom stereocenters. The van der Waals surface area contributed by atoms with Crippen LogP contribution < -0.4 is 10.1 Å². The lowest BCUT2D eigenvalue weighted by Crippen LogP contribution is -2.15. The number of carbonyl (C=O) groups excluding carboxylic acids is 1. The molecule has 0 bridgehead atoms. The highest BCUT2D eigenvalue weighted by Crippen LogP contribution is 2.31. The molecule has 1 amide bonds. The molecule has 0 aliphatic carbocycles. The van der Waals surface area contributed by atoms with Crippen LogP contribution in [0.3, 0.4) is 0 Å². The lowest BCUT2D eigenvalue weighted by atomic mass is 10.1. The highest BCUT2D eigenvalue weighted by atomic mass is 35.5. The molecule has 0 saturated carbocycles. The van der Waals surface area contributed by atoms with Gasteiger partial charge < -0.3 is 15.0 Å². The zero-order valence-corrected chi connectivity index (χ0v) is 21.3. The molecule has 1 N–H and O–H groups in total. The molecule has 35 heavy (non-hydrogen) atoms. The number of amides is 1. The van der Waals surface area contributed by atoms with Crippen molar-refractivity contribution in [2.24, 2.45) is 4.40 Å². The van der Waals surface area contributed by atoms with Crippen molar-refractivity contribution in [3.05, 3.63) is 65.4 Å². The van der Waals surface area contributed by atoms with Crippen LogP contribution in [-0.4, -0.2) is 55.7 Å². The second-order valence-corrected chi connectivity index (χ2v) is 10.1.